The number of benzene rings is 5. The summed E-state index contributed by atoms with van der Waals surface area (Å²) in [6, 6.07) is 36.5. The normalized spacial score (nSPS) is 13.7. The first kappa shape index (κ1) is 43.3. The summed E-state index contributed by atoms with van der Waals surface area (Å²) < 4.78 is 11.5. The van der Waals surface area contributed by atoms with Gasteiger partial charge in [-0.3, -0.25) is 19.7 Å². The number of H-pyrrole nitrogens is 1. The third-order valence-electron chi connectivity index (χ3n) is 11.5. The minimum Gasteiger partial charge on any atom is -0.506 e. The highest BCUT2D eigenvalue weighted by molar-refractivity contribution is 6.00. The minimum absolute atomic E-state index is 0.0521. The number of hydrogen-bond acceptors (Lipinski definition) is 9. The quantitative estimate of drug-likeness (QED) is 0.0702. The number of carbonyl (C=O) groups is 3. The Morgan fingerprint density at radius 1 is 0.903 bits per heavy atom. The molecule has 7 rings (SSSR count). The number of rotatable bonds is 16. The average molecular weight is 837 g/mol. The molecule has 0 bridgehead atoms. The molecule has 0 radical (unpaired) electrons. The number of aromatic nitrogens is 1. The molecule has 6 aromatic rings. The molecule has 0 saturated carbocycles. The van der Waals surface area contributed by atoms with Crippen LogP contribution in [-0.2, 0) is 22.4 Å². The van der Waals surface area contributed by atoms with Gasteiger partial charge in [0.05, 0.1) is 24.4 Å². The summed E-state index contributed by atoms with van der Waals surface area (Å²) >= 11 is 0. The first-order valence-electron chi connectivity index (χ1n) is 21.0. The van der Waals surface area contributed by atoms with Gasteiger partial charge in [0.1, 0.15) is 17.6 Å². The van der Waals surface area contributed by atoms with E-state index in [1.807, 2.05) is 78.9 Å². The van der Waals surface area contributed by atoms with Crippen LogP contribution in [0.3, 0.4) is 0 Å². The number of likely N-dealkylation sites (tertiary alicyclic amines) is 1. The van der Waals surface area contributed by atoms with Crippen LogP contribution < -0.4 is 20.5 Å². The summed E-state index contributed by atoms with van der Waals surface area (Å²) in [6.07, 6.45) is 2.04. The van der Waals surface area contributed by atoms with Crippen molar-refractivity contribution >= 4 is 40.1 Å². The van der Waals surface area contributed by atoms with Gasteiger partial charge in [-0.2, -0.15) is 0 Å². The number of aliphatic hydroxyl groups excluding tert-OH is 1. The summed E-state index contributed by atoms with van der Waals surface area (Å²) in [5.74, 6) is 0.367. The molecule has 12 heteroatoms. The van der Waals surface area contributed by atoms with Crippen molar-refractivity contribution in [3.63, 3.8) is 0 Å². The van der Waals surface area contributed by atoms with E-state index in [4.69, 9.17) is 9.47 Å². The third-order valence-corrected chi connectivity index (χ3v) is 11.5. The van der Waals surface area contributed by atoms with Crippen molar-refractivity contribution in [2.24, 2.45) is 0 Å². The number of ketones is 1. The highest BCUT2D eigenvalue weighted by Crippen LogP contribution is 2.32. The van der Waals surface area contributed by atoms with Crippen LogP contribution in [-0.4, -0.2) is 77.8 Å². The maximum absolute atomic E-state index is 13.6. The Bertz CT molecular complexity index is 2580. The van der Waals surface area contributed by atoms with E-state index in [9.17, 15) is 29.4 Å². The second kappa shape index (κ2) is 20.2. The fraction of sp³-hybridized carbons (Fsp3) is 0.280. The van der Waals surface area contributed by atoms with Crippen LogP contribution >= 0.6 is 0 Å². The van der Waals surface area contributed by atoms with E-state index < -0.39 is 12.2 Å². The Kier molecular flexibility index (Phi) is 14.1. The topological polar surface area (TPSA) is 161 Å². The number of aliphatic hydroxyl groups is 1. The van der Waals surface area contributed by atoms with Gasteiger partial charge in [0, 0.05) is 73.4 Å². The second-order valence-corrected chi connectivity index (χ2v) is 15.7. The fourth-order valence-electron chi connectivity index (χ4n) is 8.03. The van der Waals surface area contributed by atoms with Crippen molar-refractivity contribution in [2.45, 2.75) is 57.2 Å². The first-order valence-corrected chi connectivity index (χ1v) is 21.0. The Balaban J connectivity index is 0.857. The number of nitrogens with zero attached hydrogens (tertiary/aromatic N) is 2. The number of pyridine rings is 1. The number of phenols is 1. The molecule has 1 aliphatic heterocycles. The molecule has 4 N–H and O–H groups in total. The molecular formula is C50H52N4O8. The van der Waals surface area contributed by atoms with E-state index in [0.717, 1.165) is 22.3 Å². The zero-order valence-corrected chi connectivity index (χ0v) is 35.0. The maximum Gasteiger partial charge on any atom is 0.411 e. The van der Waals surface area contributed by atoms with Gasteiger partial charge in [-0.1, -0.05) is 78.9 Å². The molecule has 2 heterocycles. The lowest BCUT2D eigenvalue weighted by Crippen LogP contribution is -2.40. The summed E-state index contributed by atoms with van der Waals surface area (Å²) in [4.78, 5) is 57.9. The number of hydrogen-bond donors (Lipinski definition) is 4. The number of carbonyl (C=O) groups excluding carboxylic acids is 3. The van der Waals surface area contributed by atoms with Gasteiger partial charge >= 0.3 is 6.09 Å². The number of para-hydroxylation sites is 1. The van der Waals surface area contributed by atoms with Crippen LogP contribution in [0.5, 0.6) is 11.5 Å². The monoisotopic (exact) mass is 836 g/mol. The zero-order valence-electron chi connectivity index (χ0n) is 35.0. The number of nitrogens with one attached hydrogen (secondary N) is 2. The number of aryl methyl sites for hydroxylation is 1. The molecule has 1 saturated heterocycles. The lowest BCUT2D eigenvalue weighted by molar-refractivity contribution is -0.118. The van der Waals surface area contributed by atoms with E-state index >= 15 is 0 Å². The molecule has 62 heavy (non-hydrogen) atoms. The van der Waals surface area contributed by atoms with Crippen molar-refractivity contribution in [1.82, 2.24) is 9.88 Å². The fourth-order valence-corrected chi connectivity index (χ4v) is 8.03. The number of ether oxygens (including phenoxy) is 2. The lowest BCUT2D eigenvalue weighted by atomic mass is 9.96. The van der Waals surface area contributed by atoms with E-state index in [-0.39, 0.29) is 35.5 Å². The number of anilines is 2. The van der Waals surface area contributed by atoms with Crippen LogP contribution in [0, 0.1) is 0 Å². The van der Waals surface area contributed by atoms with Crippen molar-refractivity contribution in [3.8, 4) is 22.6 Å². The maximum atomic E-state index is 13.6. The van der Waals surface area contributed by atoms with Crippen LogP contribution in [0.15, 0.2) is 126 Å². The Morgan fingerprint density at radius 3 is 2.47 bits per heavy atom. The number of amides is 2. The number of methoxy groups -OCH3 is 1. The van der Waals surface area contributed by atoms with Crippen LogP contribution in [0.2, 0.25) is 0 Å². The highest BCUT2D eigenvalue weighted by Gasteiger charge is 2.24. The van der Waals surface area contributed by atoms with Gasteiger partial charge in [0.2, 0.25) is 11.5 Å². The van der Waals surface area contributed by atoms with Crippen molar-refractivity contribution < 1.29 is 34.1 Å². The Morgan fingerprint density at radius 2 is 1.68 bits per heavy atom. The van der Waals surface area contributed by atoms with Crippen molar-refractivity contribution in [3.05, 3.63) is 154 Å². The molecule has 1 aromatic heterocycles. The molecule has 1 fully saturated rings. The van der Waals surface area contributed by atoms with Gasteiger partial charge in [0.25, 0.3) is 0 Å². The number of aromatic amines is 1. The number of piperidine rings is 1. The number of Topliss-reactive ketones (excluding diaryl/α,β-unsaturated/α-hetero) is 1. The van der Waals surface area contributed by atoms with Crippen molar-refractivity contribution in [2.75, 3.05) is 44.0 Å². The summed E-state index contributed by atoms with van der Waals surface area (Å²) in [7, 11) is 3.29. The van der Waals surface area contributed by atoms with E-state index in [1.165, 1.54) is 12.1 Å². The standard InChI is InChI=1S/C50H52N4O8/c1-53(48(59)26-29-54-27-24-38(25-28-54)62-50(60)51-42-16-7-6-15-39(42)34-11-4-3-5-12-34)37-14-9-13-35(31-37)45(57)32-36-19-18-33(30-46(36)61-2)10-8-17-43(55)40-20-22-44(56)49-41(40)21-23-47(58)52-49/h3-7,9,11-16,18-23,30-31,38,43,55-56H,8,10,17,24-29,32H2,1-2H3,(H,51,60)(H,52,58)/t43-/m0/s1. The molecular weight excluding hydrogens is 785 g/mol. The number of phenolic OH excluding ortho intramolecular Hbond substituents is 1. The molecule has 0 unspecified atom stereocenters. The molecule has 5 aromatic carbocycles. The van der Waals surface area contributed by atoms with Gasteiger partial charge in [-0.25, -0.2) is 4.79 Å². The lowest BCUT2D eigenvalue weighted by Gasteiger charge is -2.31. The number of fused-ring (bicyclic) bond motifs is 1. The van der Waals surface area contributed by atoms with Gasteiger partial charge < -0.3 is 34.5 Å². The van der Waals surface area contributed by atoms with E-state index in [2.05, 4.69) is 15.2 Å². The largest absolute Gasteiger partial charge is 0.506 e. The molecule has 2 amide bonds. The second-order valence-electron chi connectivity index (χ2n) is 15.7. The van der Waals surface area contributed by atoms with Crippen LogP contribution in [0.4, 0.5) is 16.2 Å². The Labute approximate surface area is 360 Å². The molecule has 1 aliphatic rings. The summed E-state index contributed by atoms with van der Waals surface area (Å²) in [5, 5.41) is 24.7. The molecule has 1 atom stereocenters. The predicted molar refractivity (Wildman–Crippen MR) is 241 cm³/mol. The molecule has 0 aliphatic carbocycles. The van der Waals surface area contributed by atoms with Gasteiger partial charge in [-0.15, -0.1) is 0 Å². The van der Waals surface area contributed by atoms with Crippen LogP contribution in [0.25, 0.3) is 22.0 Å². The smallest absolute Gasteiger partial charge is 0.411 e. The third kappa shape index (κ3) is 10.8. The SMILES string of the molecule is COc1cc(CCC[C@H](O)c2ccc(O)c3[nH]c(=O)ccc23)ccc1CC(=O)c1cccc(N(C)C(=O)CCN2CCC(OC(=O)Nc3ccccc3-c3ccccc3)CC2)c1. The molecule has 0 spiro atoms. The Hall–Kier alpha value is -6.76. The van der Waals surface area contributed by atoms with Gasteiger partial charge in [0.15, 0.2) is 5.78 Å². The molecule has 320 valence electrons. The molecule has 12 nitrogen and oxygen atoms in total. The van der Waals surface area contributed by atoms with Crippen LogP contribution in [0.1, 0.15) is 65.3 Å². The van der Waals surface area contributed by atoms with Crippen molar-refractivity contribution in [1.29, 1.82) is 0 Å². The highest BCUT2D eigenvalue weighted by atomic mass is 16.6. The summed E-state index contributed by atoms with van der Waals surface area (Å²) in [5.41, 5.74) is 6.07. The minimum atomic E-state index is -0.797. The first-order chi connectivity index (χ1) is 30.1. The zero-order chi connectivity index (χ0) is 43.6. The van der Waals surface area contributed by atoms with E-state index in [1.54, 1.807) is 49.4 Å². The van der Waals surface area contributed by atoms with E-state index in [0.29, 0.717) is 97.3 Å². The summed E-state index contributed by atoms with van der Waals surface area (Å²) in [6.45, 7) is 1.98. The average Bonchev–Trinajstić information content (AvgIpc) is 3.29. The number of aromatic hydroxyl groups is 1. The van der Waals surface area contributed by atoms with Gasteiger partial charge in [-0.05, 0) is 85.2 Å². The predicted octanol–water partition coefficient (Wildman–Crippen LogP) is 8.46.